The Kier molecular flexibility index (Phi) is 4.15. The molecule has 1 atom stereocenters. The van der Waals surface area contributed by atoms with Gasteiger partial charge in [-0.2, -0.15) is 4.98 Å². The Morgan fingerprint density at radius 2 is 2.11 bits per heavy atom. The molecular weight excluding hydrogens is 226 g/mol. The van der Waals surface area contributed by atoms with Crippen LogP contribution in [0, 0.1) is 0 Å². The molecule has 0 radical (unpaired) electrons. The molecule has 0 saturated carbocycles. The Morgan fingerprint density at radius 1 is 1.33 bits per heavy atom. The van der Waals surface area contributed by atoms with Crippen LogP contribution in [0.15, 0.2) is 24.4 Å². The summed E-state index contributed by atoms with van der Waals surface area (Å²) in [7, 11) is 0. The summed E-state index contributed by atoms with van der Waals surface area (Å²) in [5.74, 6) is 0.695. The Labute approximate surface area is 108 Å². The number of pyridine rings is 1. The van der Waals surface area contributed by atoms with E-state index < -0.39 is 0 Å². The number of fused-ring (bicyclic) bond motifs is 1. The van der Waals surface area contributed by atoms with Crippen LogP contribution in [-0.2, 0) is 0 Å². The minimum absolute atomic E-state index is 0.335. The van der Waals surface area contributed by atoms with Crippen molar-refractivity contribution >= 4 is 11.6 Å². The van der Waals surface area contributed by atoms with Crippen LogP contribution in [0.25, 0.3) is 5.65 Å². The Bertz CT molecular complexity index is 456. The van der Waals surface area contributed by atoms with Crippen LogP contribution in [0.3, 0.4) is 0 Å². The molecule has 5 heteroatoms. The van der Waals surface area contributed by atoms with E-state index >= 15 is 0 Å². The third-order valence-electron chi connectivity index (χ3n) is 3.04. The predicted molar refractivity (Wildman–Crippen MR) is 73.9 cm³/mol. The lowest BCUT2D eigenvalue weighted by Gasteiger charge is -2.22. The molecule has 1 unspecified atom stereocenters. The van der Waals surface area contributed by atoms with Crippen molar-refractivity contribution in [1.29, 1.82) is 0 Å². The highest BCUT2D eigenvalue weighted by molar-refractivity contribution is 5.43. The van der Waals surface area contributed by atoms with Crippen molar-refractivity contribution < 1.29 is 0 Å². The van der Waals surface area contributed by atoms with Gasteiger partial charge in [-0.05, 0) is 32.1 Å². The van der Waals surface area contributed by atoms with Crippen molar-refractivity contribution in [1.82, 2.24) is 19.5 Å². The zero-order valence-electron chi connectivity index (χ0n) is 11.3. The lowest BCUT2D eigenvalue weighted by Crippen LogP contribution is -2.35. The quantitative estimate of drug-likeness (QED) is 0.846. The second-order valence-corrected chi connectivity index (χ2v) is 4.47. The van der Waals surface area contributed by atoms with Gasteiger partial charge in [-0.1, -0.05) is 19.9 Å². The average Bonchev–Trinajstić information content (AvgIpc) is 2.77. The molecule has 0 aliphatic heterocycles. The number of nitrogens with zero attached hydrogens (tertiary/aromatic N) is 4. The fourth-order valence-corrected chi connectivity index (χ4v) is 2.03. The second kappa shape index (κ2) is 5.82. The van der Waals surface area contributed by atoms with Gasteiger partial charge >= 0.3 is 0 Å². The highest BCUT2D eigenvalue weighted by atomic mass is 15.3. The molecule has 0 aromatic carbocycles. The van der Waals surface area contributed by atoms with Crippen LogP contribution < -0.4 is 5.32 Å². The van der Waals surface area contributed by atoms with E-state index in [4.69, 9.17) is 0 Å². The molecule has 2 aromatic heterocycles. The van der Waals surface area contributed by atoms with Crippen LogP contribution in [0.5, 0.6) is 0 Å². The number of likely N-dealkylation sites (N-methyl/N-ethyl adjacent to an activating group) is 1. The fraction of sp³-hybridized carbons (Fsp3) is 0.538. The first kappa shape index (κ1) is 12.8. The summed E-state index contributed by atoms with van der Waals surface area (Å²) in [6.07, 6.45) is 1.91. The highest BCUT2D eigenvalue weighted by Gasteiger charge is 2.09. The van der Waals surface area contributed by atoms with Gasteiger partial charge in [0.05, 0.1) is 0 Å². The molecule has 0 aliphatic rings. The van der Waals surface area contributed by atoms with Gasteiger partial charge in [0.1, 0.15) is 0 Å². The summed E-state index contributed by atoms with van der Waals surface area (Å²) in [6.45, 7) is 9.66. The van der Waals surface area contributed by atoms with Crippen LogP contribution >= 0.6 is 0 Å². The molecule has 2 heterocycles. The highest BCUT2D eigenvalue weighted by Crippen LogP contribution is 2.06. The van der Waals surface area contributed by atoms with E-state index in [-0.39, 0.29) is 0 Å². The van der Waals surface area contributed by atoms with Crippen molar-refractivity contribution in [3.8, 4) is 0 Å². The maximum absolute atomic E-state index is 4.43. The summed E-state index contributed by atoms with van der Waals surface area (Å²) < 4.78 is 1.78. The lowest BCUT2D eigenvalue weighted by atomic mass is 10.3. The topological polar surface area (TPSA) is 45.5 Å². The van der Waals surface area contributed by atoms with Crippen LogP contribution in [0.1, 0.15) is 20.8 Å². The molecule has 2 aromatic rings. The summed E-state index contributed by atoms with van der Waals surface area (Å²) in [5, 5.41) is 7.73. The van der Waals surface area contributed by atoms with Crippen molar-refractivity contribution in [2.45, 2.75) is 26.8 Å². The molecular formula is C13H21N5. The monoisotopic (exact) mass is 247 g/mol. The number of hydrogen-bond acceptors (Lipinski definition) is 4. The number of aromatic nitrogens is 3. The Balaban J connectivity index is 2.00. The zero-order chi connectivity index (χ0) is 13.0. The van der Waals surface area contributed by atoms with Gasteiger partial charge in [0, 0.05) is 18.8 Å². The van der Waals surface area contributed by atoms with Gasteiger partial charge < -0.3 is 10.2 Å². The molecule has 0 fully saturated rings. The van der Waals surface area contributed by atoms with E-state index in [0.717, 1.165) is 25.3 Å². The first-order chi connectivity index (χ1) is 8.72. The number of hydrogen-bond donors (Lipinski definition) is 1. The molecule has 2 rings (SSSR count). The minimum Gasteiger partial charge on any atom is -0.349 e. The molecule has 18 heavy (non-hydrogen) atoms. The standard InChI is InChI=1S/C13H21N5/c1-4-17(5-2)10-11(3)14-13-15-12-8-6-7-9-18(12)16-13/h6-9,11H,4-5,10H2,1-3H3,(H,14,16). The molecule has 0 aliphatic carbocycles. The number of rotatable bonds is 6. The summed E-state index contributed by atoms with van der Waals surface area (Å²) in [5.41, 5.74) is 0.870. The summed E-state index contributed by atoms with van der Waals surface area (Å²) >= 11 is 0. The molecule has 0 spiro atoms. The van der Waals surface area contributed by atoms with Crippen molar-refractivity contribution in [3.63, 3.8) is 0 Å². The smallest absolute Gasteiger partial charge is 0.243 e. The van der Waals surface area contributed by atoms with E-state index in [0.29, 0.717) is 12.0 Å². The van der Waals surface area contributed by atoms with Crippen LogP contribution in [0.2, 0.25) is 0 Å². The predicted octanol–water partition coefficient (Wildman–Crippen LogP) is 1.87. The van der Waals surface area contributed by atoms with Crippen molar-refractivity contribution in [2.24, 2.45) is 0 Å². The molecule has 0 bridgehead atoms. The Hall–Kier alpha value is -1.62. The summed E-state index contributed by atoms with van der Waals surface area (Å²) in [4.78, 5) is 6.82. The van der Waals surface area contributed by atoms with Crippen LogP contribution in [-0.4, -0.2) is 45.2 Å². The SMILES string of the molecule is CCN(CC)CC(C)Nc1nc2ccccn2n1. The average molecular weight is 247 g/mol. The normalized spacial score (nSPS) is 13.1. The Morgan fingerprint density at radius 3 is 2.78 bits per heavy atom. The third-order valence-corrected chi connectivity index (χ3v) is 3.04. The molecule has 5 nitrogen and oxygen atoms in total. The van der Waals surface area contributed by atoms with E-state index in [2.05, 4.69) is 41.1 Å². The first-order valence-electron chi connectivity index (χ1n) is 6.53. The van der Waals surface area contributed by atoms with E-state index in [1.165, 1.54) is 0 Å². The van der Waals surface area contributed by atoms with Crippen LogP contribution in [0.4, 0.5) is 5.95 Å². The molecule has 0 amide bonds. The fourth-order valence-electron chi connectivity index (χ4n) is 2.03. The van der Waals surface area contributed by atoms with Gasteiger partial charge in [0.15, 0.2) is 5.65 Å². The largest absolute Gasteiger partial charge is 0.349 e. The van der Waals surface area contributed by atoms with Gasteiger partial charge in [-0.15, -0.1) is 5.10 Å². The maximum atomic E-state index is 4.43. The molecule has 0 saturated heterocycles. The van der Waals surface area contributed by atoms with E-state index in [1.54, 1.807) is 4.52 Å². The van der Waals surface area contributed by atoms with Gasteiger partial charge in [-0.25, -0.2) is 4.52 Å². The van der Waals surface area contributed by atoms with Gasteiger partial charge in [0.25, 0.3) is 0 Å². The van der Waals surface area contributed by atoms with Gasteiger partial charge in [-0.3, -0.25) is 0 Å². The lowest BCUT2D eigenvalue weighted by molar-refractivity contribution is 0.294. The second-order valence-electron chi connectivity index (χ2n) is 4.47. The van der Waals surface area contributed by atoms with Crippen molar-refractivity contribution in [2.75, 3.05) is 25.0 Å². The number of anilines is 1. The van der Waals surface area contributed by atoms with E-state index in [9.17, 15) is 0 Å². The van der Waals surface area contributed by atoms with E-state index in [1.807, 2.05) is 24.4 Å². The zero-order valence-corrected chi connectivity index (χ0v) is 11.3. The summed E-state index contributed by atoms with van der Waals surface area (Å²) in [6, 6.07) is 6.20. The third kappa shape index (κ3) is 2.98. The maximum Gasteiger partial charge on any atom is 0.243 e. The molecule has 98 valence electrons. The minimum atomic E-state index is 0.335. The number of nitrogens with one attached hydrogen (secondary N) is 1. The van der Waals surface area contributed by atoms with Gasteiger partial charge in [0.2, 0.25) is 5.95 Å². The first-order valence-corrected chi connectivity index (χ1v) is 6.53. The van der Waals surface area contributed by atoms with Crippen molar-refractivity contribution in [3.05, 3.63) is 24.4 Å². The molecule has 1 N–H and O–H groups in total.